The Kier molecular flexibility index (Phi) is 6.03. The number of carbonyl (C=O) groups is 1. The molecule has 0 bridgehead atoms. The Morgan fingerprint density at radius 1 is 1.32 bits per heavy atom. The van der Waals surface area contributed by atoms with Crippen molar-refractivity contribution in [3.05, 3.63) is 35.4 Å². The van der Waals surface area contributed by atoms with E-state index in [-0.39, 0.29) is 0 Å². The van der Waals surface area contributed by atoms with Crippen LogP contribution in [0.1, 0.15) is 37.8 Å². The molecule has 1 aromatic carbocycles. The molecule has 0 radical (unpaired) electrons. The average molecular weight is 263 g/mol. The van der Waals surface area contributed by atoms with Gasteiger partial charge in [0, 0.05) is 6.54 Å². The van der Waals surface area contributed by atoms with E-state index in [9.17, 15) is 9.90 Å². The maximum atomic E-state index is 11.4. The predicted octanol–water partition coefficient (Wildman–Crippen LogP) is 3.02. The molecule has 0 saturated heterocycles. The van der Waals surface area contributed by atoms with E-state index < -0.39 is 11.4 Å². The smallest absolute Gasteiger partial charge is 0.310 e. The SMILES string of the molecule is CCC(CC)(CNCCc1cccc(C)c1)C(=O)O. The first-order valence-corrected chi connectivity index (χ1v) is 7.03. The number of hydrogen-bond donors (Lipinski definition) is 2. The number of rotatable bonds is 8. The van der Waals surface area contributed by atoms with Crippen molar-refractivity contribution in [2.75, 3.05) is 13.1 Å². The van der Waals surface area contributed by atoms with Crippen LogP contribution in [0.2, 0.25) is 0 Å². The molecule has 0 atom stereocenters. The number of aliphatic carboxylic acids is 1. The van der Waals surface area contributed by atoms with Gasteiger partial charge in [0.05, 0.1) is 5.41 Å². The Labute approximate surface area is 116 Å². The van der Waals surface area contributed by atoms with Gasteiger partial charge in [-0.25, -0.2) is 0 Å². The van der Waals surface area contributed by atoms with Crippen LogP contribution in [-0.4, -0.2) is 24.2 Å². The van der Waals surface area contributed by atoms with Crippen LogP contribution in [0.4, 0.5) is 0 Å². The second-order valence-electron chi connectivity index (χ2n) is 5.21. The quantitative estimate of drug-likeness (QED) is 0.709. The van der Waals surface area contributed by atoms with E-state index >= 15 is 0 Å². The van der Waals surface area contributed by atoms with Gasteiger partial charge in [-0.3, -0.25) is 4.79 Å². The van der Waals surface area contributed by atoms with Crippen molar-refractivity contribution >= 4 is 5.97 Å². The molecule has 0 spiro atoms. The summed E-state index contributed by atoms with van der Waals surface area (Å²) in [6.07, 6.45) is 2.26. The zero-order valence-corrected chi connectivity index (χ0v) is 12.2. The van der Waals surface area contributed by atoms with Crippen LogP contribution in [0.15, 0.2) is 24.3 Å². The molecule has 19 heavy (non-hydrogen) atoms. The maximum absolute atomic E-state index is 11.4. The van der Waals surface area contributed by atoms with Crippen molar-refractivity contribution in [3.63, 3.8) is 0 Å². The van der Waals surface area contributed by atoms with Gasteiger partial charge in [0.15, 0.2) is 0 Å². The maximum Gasteiger partial charge on any atom is 0.310 e. The number of carboxylic acids is 1. The highest BCUT2D eigenvalue weighted by molar-refractivity contribution is 5.74. The first kappa shape index (κ1) is 15.7. The van der Waals surface area contributed by atoms with Gasteiger partial charge in [0.2, 0.25) is 0 Å². The molecular formula is C16H25NO2. The molecule has 3 heteroatoms. The average Bonchev–Trinajstić information content (AvgIpc) is 2.39. The van der Waals surface area contributed by atoms with Crippen molar-refractivity contribution in [1.29, 1.82) is 0 Å². The highest BCUT2D eigenvalue weighted by Gasteiger charge is 2.34. The molecule has 1 aromatic rings. The minimum absolute atomic E-state index is 0.543. The highest BCUT2D eigenvalue weighted by atomic mass is 16.4. The highest BCUT2D eigenvalue weighted by Crippen LogP contribution is 2.25. The van der Waals surface area contributed by atoms with Crippen molar-refractivity contribution in [3.8, 4) is 0 Å². The van der Waals surface area contributed by atoms with Gasteiger partial charge < -0.3 is 10.4 Å². The molecular weight excluding hydrogens is 238 g/mol. The largest absolute Gasteiger partial charge is 0.481 e. The summed E-state index contributed by atoms with van der Waals surface area (Å²) in [5, 5.41) is 12.6. The summed E-state index contributed by atoms with van der Waals surface area (Å²) in [7, 11) is 0. The molecule has 0 aromatic heterocycles. The van der Waals surface area contributed by atoms with E-state index in [0.717, 1.165) is 13.0 Å². The normalized spacial score (nSPS) is 11.5. The van der Waals surface area contributed by atoms with Crippen molar-refractivity contribution in [2.45, 2.75) is 40.0 Å². The molecule has 0 aliphatic carbocycles. The van der Waals surface area contributed by atoms with Crippen molar-refractivity contribution in [2.24, 2.45) is 5.41 Å². The van der Waals surface area contributed by atoms with Gasteiger partial charge in [-0.2, -0.15) is 0 Å². The van der Waals surface area contributed by atoms with Crippen LogP contribution in [0.5, 0.6) is 0 Å². The minimum Gasteiger partial charge on any atom is -0.481 e. The fourth-order valence-electron chi connectivity index (χ4n) is 2.31. The molecule has 0 saturated carbocycles. The fourth-order valence-corrected chi connectivity index (χ4v) is 2.31. The van der Waals surface area contributed by atoms with E-state index in [4.69, 9.17) is 0 Å². The molecule has 1 rings (SSSR count). The van der Waals surface area contributed by atoms with Gasteiger partial charge in [-0.05, 0) is 38.3 Å². The topological polar surface area (TPSA) is 49.3 Å². The Balaban J connectivity index is 2.43. The molecule has 0 unspecified atom stereocenters. The summed E-state index contributed by atoms with van der Waals surface area (Å²) in [5.74, 6) is -0.694. The second kappa shape index (κ2) is 7.29. The van der Waals surface area contributed by atoms with Crippen molar-refractivity contribution < 1.29 is 9.90 Å². The Bertz CT molecular complexity index is 411. The number of aryl methyl sites for hydroxylation is 1. The molecule has 0 aliphatic heterocycles. The summed E-state index contributed by atoms with van der Waals surface area (Å²) in [4.78, 5) is 11.4. The van der Waals surface area contributed by atoms with Crippen LogP contribution in [0.25, 0.3) is 0 Å². The van der Waals surface area contributed by atoms with Crippen LogP contribution >= 0.6 is 0 Å². The summed E-state index contributed by atoms with van der Waals surface area (Å²) in [6, 6.07) is 8.43. The third-order valence-corrected chi connectivity index (χ3v) is 3.94. The summed E-state index contributed by atoms with van der Waals surface area (Å²) in [5.41, 5.74) is 1.94. The number of carboxylic acid groups (broad SMARTS) is 1. The van der Waals surface area contributed by atoms with Gasteiger partial charge in [0.1, 0.15) is 0 Å². The monoisotopic (exact) mass is 263 g/mol. The summed E-state index contributed by atoms with van der Waals surface area (Å²) in [6.45, 7) is 7.33. The zero-order valence-electron chi connectivity index (χ0n) is 12.2. The number of benzene rings is 1. The van der Waals surface area contributed by atoms with Gasteiger partial charge >= 0.3 is 5.97 Å². The van der Waals surface area contributed by atoms with Crippen molar-refractivity contribution in [1.82, 2.24) is 5.32 Å². The minimum atomic E-state index is -0.694. The molecule has 106 valence electrons. The first-order valence-electron chi connectivity index (χ1n) is 7.03. The standard InChI is InChI=1S/C16H25NO2/c1-4-16(5-2,15(18)19)12-17-10-9-14-8-6-7-13(3)11-14/h6-8,11,17H,4-5,9-10,12H2,1-3H3,(H,18,19). The third-order valence-electron chi connectivity index (χ3n) is 3.94. The van der Waals surface area contributed by atoms with E-state index in [2.05, 4.69) is 36.5 Å². The molecule has 0 fully saturated rings. The molecule has 0 aliphatic rings. The number of hydrogen-bond acceptors (Lipinski definition) is 2. The molecule has 0 heterocycles. The van der Waals surface area contributed by atoms with E-state index in [1.54, 1.807) is 0 Å². The number of nitrogens with one attached hydrogen (secondary N) is 1. The third kappa shape index (κ3) is 4.35. The van der Waals surface area contributed by atoms with E-state index in [1.165, 1.54) is 11.1 Å². The van der Waals surface area contributed by atoms with Crippen LogP contribution in [-0.2, 0) is 11.2 Å². The fraction of sp³-hybridized carbons (Fsp3) is 0.562. The molecule has 0 amide bonds. The zero-order chi connectivity index (χ0) is 14.3. The van der Waals surface area contributed by atoms with Crippen LogP contribution in [0.3, 0.4) is 0 Å². The van der Waals surface area contributed by atoms with Crippen LogP contribution < -0.4 is 5.32 Å². The Hall–Kier alpha value is -1.35. The van der Waals surface area contributed by atoms with E-state index in [1.807, 2.05) is 13.8 Å². The van der Waals surface area contributed by atoms with E-state index in [0.29, 0.717) is 19.4 Å². The van der Waals surface area contributed by atoms with Crippen LogP contribution in [0, 0.1) is 12.3 Å². The lowest BCUT2D eigenvalue weighted by atomic mass is 9.82. The van der Waals surface area contributed by atoms with Gasteiger partial charge in [-0.1, -0.05) is 43.7 Å². The Morgan fingerprint density at radius 2 is 2.00 bits per heavy atom. The summed E-state index contributed by atoms with van der Waals surface area (Å²) >= 11 is 0. The second-order valence-corrected chi connectivity index (χ2v) is 5.21. The lowest BCUT2D eigenvalue weighted by Gasteiger charge is -2.27. The lowest BCUT2D eigenvalue weighted by Crippen LogP contribution is -2.40. The first-order chi connectivity index (χ1) is 9.04. The summed E-state index contributed by atoms with van der Waals surface area (Å²) < 4.78 is 0. The van der Waals surface area contributed by atoms with Gasteiger partial charge in [0.25, 0.3) is 0 Å². The Morgan fingerprint density at radius 3 is 2.53 bits per heavy atom. The predicted molar refractivity (Wildman–Crippen MR) is 78.4 cm³/mol. The molecule has 2 N–H and O–H groups in total. The molecule has 3 nitrogen and oxygen atoms in total. The van der Waals surface area contributed by atoms with Gasteiger partial charge in [-0.15, -0.1) is 0 Å². The lowest BCUT2D eigenvalue weighted by molar-refractivity contribution is -0.149.